The Hall–Kier alpha value is -3.03. The SMILES string of the molecule is Cc1c(C(=O)OC(C)C(=O)Nc2ccc3c(c2)OCCO3)cnn1C. The van der Waals surface area contributed by atoms with E-state index in [0.29, 0.717) is 41.7 Å². The molecule has 2 aromatic rings. The maximum Gasteiger partial charge on any atom is 0.342 e. The van der Waals surface area contributed by atoms with Gasteiger partial charge in [0, 0.05) is 24.5 Å². The summed E-state index contributed by atoms with van der Waals surface area (Å²) in [5.41, 5.74) is 1.54. The number of ether oxygens (including phenoxy) is 3. The normalized spacial score (nSPS) is 13.9. The summed E-state index contributed by atoms with van der Waals surface area (Å²) in [4.78, 5) is 24.4. The minimum atomic E-state index is -0.958. The second-order valence-electron chi connectivity index (χ2n) is 5.66. The molecular weight excluding hydrogens is 326 g/mol. The summed E-state index contributed by atoms with van der Waals surface area (Å²) < 4.78 is 17.7. The smallest absolute Gasteiger partial charge is 0.342 e. The van der Waals surface area contributed by atoms with Crippen molar-refractivity contribution in [2.24, 2.45) is 7.05 Å². The zero-order valence-electron chi connectivity index (χ0n) is 14.2. The molecule has 8 nitrogen and oxygen atoms in total. The minimum absolute atomic E-state index is 0.335. The maximum absolute atomic E-state index is 12.3. The predicted molar refractivity (Wildman–Crippen MR) is 88.9 cm³/mol. The molecule has 0 bridgehead atoms. The van der Waals surface area contributed by atoms with Crippen LogP contribution in [0.2, 0.25) is 0 Å². The van der Waals surface area contributed by atoms with Crippen molar-refractivity contribution in [3.05, 3.63) is 35.7 Å². The van der Waals surface area contributed by atoms with Gasteiger partial charge >= 0.3 is 5.97 Å². The van der Waals surface area contributed by atoms with E-state index in [-0.39, 0.29) is 0 Å². The zero-order valence-corrected chi connectivity index (χ0v) is 14.2. The molecule has 1 aliphatic rings. The molecule has 1 aliphatic heterocycles. The first-order valence-corrected chi connectivity index (χ1v) is 7.86. The van der Waals surface area contributed by atoms with Crippen LogP contribution in [0.15, 0.2) is 24.4 Å². The third kappa shape index (κ3) is 3.57. The topological polar surface area (TPSA) is 91.7 Å². The Morgan fingerprint density at radius 3 is 2.68 bits per heavy atom. The van der Waals surface area contributed by atoms with E-state index in [2.05, 4.69) is 10.4 Å². The molecule has 1 unspecified atom stereocenters. The summed E-state index contributed by atoms with van der Waals surface area (Å²) in [7, 11) is 1.73. The zero-order chi connectivity index (χ0) is 18.0. The fraction of sp³-hybridized carbons (Fsp3) is 0.353. The van der Waals surface area contributed by atoms with Gasteiger partial charge in [-0.25, -0.2) is 4.79 Å². The number of nitrogens with one attached hydrogen (secondary N) is 1. The van der Waals surface area contributed by atoms with Crippen LogP contribution in [-0.2, 0) is 16.6 Å². The Morgan fingerprint density at radius 2 is 2.00 bits per heavy atom. The van der Waals surface area contributed by atoms with E-state index in [1.807, 2.05) is 0 Å². The molecule has 8 heteroatoms. The summed E-state index contributed by atoms with van der Waals surface area (Å²) >= 11 is 0. The second-order valence-corrected chi connectivity index (χ2v) is 5.66. The molecule has 3 rings (SSSR count). The van der Waals surface area contributed by atoms with Crippen LogP contribution >= 0.6 is 0 Å². The summed E-state index contributed by atoms with van der Waals surface area (Å²) in [6.45, 7) is 4.22. The van der Waals surface area contributed by atoms with Gasteiger partial charge in [0.1, 0.15) is 18.8 Å². The first kappa shape index (κ1) is 16.8. The minimum Gasteiger partial charge on any atom is -0.486 e. The number of amides is 1. The molecule has 0 spiro atoms. The van der Waals surface area contributed by atoms with Crippen molar-refractivity contribution in [2.75, 3.05) is 18.5 Å². The van der Waals surface area contributed by atoms with E-state index in [1.165, 1.54) is 13.1 Å². The quantitative estimate of drug-likeness (QED) is 0.848. The van der Waals surface area contributed by atoms with Crippen LogP contribution in [0.4, 0.5) is 5.69 Å². The van der Waals surface area contributed by atoms with Crippen molar-refractivity contribution in [1.29, 1.82) is 0 Å². The number of hydrogen-bond acceptors (Lipinski definition) is 6. The molecule has 1 amide bonds. The molecule has 0 aliphatic carbocycles. The van der Waals surface area contributed by atoms with Crippen molar-refractivity contribution in [2.45, 2.75) is 20.0 Å². The standard InChI is InChI=1S/C17H19N3O5/c1-10-13(9-18-20(10)3)17(22)25-11(2)16(21)19-12-4-5-14-15(8-12)24-7-6-23-14/h4-5,8-9,11H,6-7H2,1-3H3,(H,19,21). The van der Waals surface area contributed by atoms with Crippen molar-refractivity contribution in [3.63, 3.8) is 0 Å². The van der Waals surface area contributed by atoms with E-state index >= 15 is 0 Å². The Morgan fingerprint density at radius 1 is 1.28 bits per heavy atom. The monoisotopic (exact) mass is 345 g/mol. The number of rotatable bonds is 4. The lowest BCUT2D eigenvalue weighted by atomic mass is 10.2. The van der Waals surface area contributed by atoms with Gasteiger partial charge in [0.25, 0.3) is 5.91 Å². The van der Waals surface area contributed by atoms with Crippen LogP contribution in [-0.4, -0.2) is 41.0 Å². The highest BCUT2D eigenvalue weighted by molar-refractivity contribution is 5.97. The lowest BCUT2D eigenvalue weighted by molar-refractivity contribution is -0.123. The average Bonchev–Trinajstić information content (AvgIpc) is 2.94. The Balaban J connectivity index is 1.63. The van der Waals surface area contributed by atoms with Gasteiger partial charge in [-0.15, -0.1) is 0 Å². The Kier molecular flexibility index (Phi) is 4.60. The average molecular weight is 345 g/mol. The Labute approximate surface area is 144 Å². The highest BCUT2D eigenvalue weighted by Crippen LogP contribution is 2.32. The molecule has 1 atom stereocenters. The van der Waals surface area contributed by atoms with Gasteiger partial charge < -0.3 is 19.5 Å². The third-order valence-corrected chi connectivity index (χ3v) is 3.92. The fourth-order valence-electron chi connectivity index (χ4n) is 2.34. The first-order chi connectivity index (χ1) is 12.0. The fourth-order valence-corrected chi connectivity index (χ4v) is 2.34. The highest BCUT2D eigenvalue weighted by atomic mass is 16.6. The predicted octanol–water partition coefficient (Wildman–Crippen LogP) is 1.68. The number of benzene rings is 1. The molecule has 132 valence electrons. The number of hydrogen-bond donors (Lipinski definition) is 1. The molecule has 1 N–H and O–H groups in total. The van der Waals surface area contributed by atoms with Crippen molar-refractivity contribution < 1.29 is 23.8 Å². The van der Waals surface area contributed by atoms with E-state index in [1.54, 1.807) is 36.9 Å². The Bertz CT molecular complexity index is 815. The molecule has 25 heavy (non-hydrogen) atoms. The number of aryl methyl sites for hydroxylation is 1. The maximum atomic E-state index is 12.3. The summed E-state index contributed by atoms with van der Waals surface area (Å²) in [5.74, 6) is 0.178. The van der Waals surface area contributed by atoms with E-state index < -0.39 is 18.0 Å². The first-order valence-electron chi connectivity index (χ1n) is 7.86. The van der Waals surface area contributed by atoms with Crippen LogP contribution in [0, 0.1) is 6.92 Å². The summed E-state index contributed by atoms with van der Waals surface area (Å²) in [5, 5.41) is 6.68. The molecule has 2 heterocycles. The number of carbonyl (C=O) groups excluding carboxylic acids is 2. The van der Waals surface area contributed by atoms with Crippen molar-refractivity contribution >= 4 is 17.6 Å². The molecular formula is C17H19N3O5. The van der Waals surface area contributed by atoms with Gasteiger partial charge in [-0.05, 0) is 26.0 Å². The van der Waals surface area contributed by atoms with Gasteiger partial charge in [-0.2, -0.15) is 5.10 Å². The van der Waals surface area contributed by atoms with Crippen molar-refractivity contribution in [1.82, 2.24) is 9.78 Å². The number of nitrogens with zero attached hydrogens (tertiary/aromatic N) is 2. The lowest BCUT2D eigenvalue weighted by Gasteiger charge is -2.19. The van der Waals surface area contributed by atoms with E-state index in [9.17, 15) is 9.59 Å². The van der Waals surface area contributed by atoms with Gasteiger partial charge in [-0.3, -0.25) is 9.48 Å². The van der Waals surface area contributed by atoms with Gasteiger partial charge in [-0.1, -0.05) is 0 Å². The third-order valence-electron chi connectivity index (χ3n) is 3.92. The number of esters is 1. The van der Waals surface area contributed by atoms with Crippen LogP contribution in [0.25, 0.3) is 0 Å². The van der Waals surface area contributed by atoms with Crippen LogP contribution in [0.5, 0.6) is 11.5 Å². The molecule has 0 saturated heterocycles. The number of carbonyl (C=O) groups is 2. The largest absolute Gasteiger partial charge is 0.486 e. The van der Waals surface area contributed by atoms with Crippen molar-refractivity contribution in [3.8, 4) is 11.5 Å². The molecule has 1 aromatic carbocycles. The number of fused-ring (bicyclic) bond motifs is 1. The van der Waals surface area contributed by atoms with Gasteiger partial charge in [0.15, 0.2) is 17.6 Å². The van der Waals surface area contributed by atoms with Gasteiger partial charge in [0.2, 0.25) is 0 Å². The van der Waals surface area contributed by atoms with E-state index in [0.717, 1.165) is 0 Å². The number of aromatic nitrogens is 2. The van der Waals surface area contributed by atoms with E-state index in [4.69, 9.17) is 14.2 Å². The van der Waals surface area contributed by atoms with Gasteiger partial charge in [0.05, 0.1) is 6.20 Å². The molecule has 0 saturated carbocycles. The molecule has 1 aromatic heterocycles. The van der Waals surface area contributed by atoms with Crippen LogP contribution in [0.3, 0.4) is 0 Å². The van der Waals surface area contributed by atoms with Crippen LogP contribution in [0.1, 0.15) is 23.0 Å². The molecule has 0 radical (unpaired) electrons. The summed E-state index contributed by atoms with van der Waals surface area (Å²) in [6, 6.07) is 5.09. The highest BCUT2D eigenvalue weighted by Gasteiger charge is 2.22. The number of anilines is 1. The summed E-state index contributed by atoms with van der Waals surface area (Å²) in [6.07, 6.45) is 0.462. The lowest BCUT2D eigenvalue weighted by Crippen LogP contribution is -2.30. The van der Waals surface area contributed by atoms with Crippen LogP contribution < -0.4 is 14.8 Å². The second kappa shape index (κ2) is 6.84. The molecule has 0 fully saturated rings.